The number of halogens is 3. The fourth-order valence-corrected chi connectivity index (χ4v) is 4.15. The van der Waals surface area contributed by atoms with E-state index < -0.39 is 12.2 Å². The molecule has 2 aromatic carbocycles. The maximum absolute atomic E-state index is 13.0. The van der Waals surface area contributed by atoms with Gasteiger partial charge in [-0.05, 0) is 30.8 Å². The first kappa shape index (κ1) is 17.7. The number of hydrogen-bond donors (Lipinski definition) is 1. The Morgan fingerprint density at radius 2 is 1.93 bits per heavy atom. The maximum atomic E-state index is 13.0. The number of alkyl halides is 3. The zero-order valence-corrected chi connectivity index (χ0v) is 14.9. The fraction of sp³-hybridized carbons (Fsp3) is 0.158. The minimum Gasteiger partial charge on any atom is -0.306 e. The van der Waals surface area contributed by atoms with Gasteiger partial charge < -0.3 is 5.32 Å². The summed E-state index contributed by atoms with van der Waals surface area (Å²) in [5.74, 6) is 0. The zero-order chi connectivity index (χ0) is 19.2. The zero-order valence-electron chi connectivity index (χ0n) is 14.1. The Morgan fingerprint density at radius 3 is 2.56 bits per heavy atom. The second-order valence-electron chi connectivity index (χ2n) is 6.11. The third-order valence-electron chi connectivity index (χ3n) is 4.41. The number of nitrogens with zero attached hydrogens (tertiary/aromatic N) is 2. The smallest absolute Gasteiger partial charge is 0.306 e. The van der Waals surface area contributed by atoms with Gasteiger partial charge in [-0.2, -0.15) is 13.2 Å². The van der Waals surface area contributed by atoms with E-state index in [2.05, 4.69) is 10.3 Å². The molecule has 1 atom stereocenters. The van der Waals surface area contributed by atoms with E-state index in [-0.39, 0.29) is 5.56 Å². The van der Waals surface area contributed by atoms with Crippen LogP contribution in [0.1, 0.15) is 22.0 Å². The van der Waals surface area contributed by atoms with Crippen LogP contribution in [0.25, 0.3) is 26.4 Å². The quantitative estimate of drug-likeness (QED) is 0.508. The molecule has 1 N–H and O–H groups in total. The summed E-state index contributed by atoms with van der Waals surface area (Å²) in [5, 5.41) is 2.30. The summed E-state index contributed by atoms with van der Waals surface area (Å²) in [5.41, 5.74) is 3.11. The molecule has 4 nitrogen and oxygen atoms in total. The van der Waals surface area contributed by atoms with Gasteiger partial charge in [-0.1, -0.05) is 35.6 Å². The fourth-order valence-electron chi connectivity index (χ4n) is 3.10. The van der Waals surface area contributed by atoms with Gasteiger partial charge in [0.1, 0.15) is 12.3 Å². The average molecular weight is 389 g/mol. The van der Waals surface area contributed by atoms with Gasteiger partial charge >= 0.3 is 6.18 Å². The third-order valence-corrected chi connectivity index (χ3v) is 5.43. The van der Waals surface area contributed by atoms with Gasteiger partial charge in [-0.25, -0.2) is 4.98 Å². The number of carbonyl (C=O) groups is 1. The van der Waals surface area contributed by atoms with Crippen LogP contribution in [0.5, 0.6) is 0 Å². The minimum atomic E-state index is -4.35. The Bertz CT molecular complexity index is 1130. The van der Waals surface area contributed by atoms with Gasteiger partial charge in [0, 0.05) is 17.3 Å². The molecule has 0 amide bonds. The largest absolute Gasteiger partial charge is 0.407 e. The number of fused-ring (bicyclic) bond motifs is 3. The monoisotopic (exact) mass is 389 g/mol. The number of imidazole rings is 1. The van der Waals surface area contributed by atoms with Crippen LogP contribution in [-0.4, -0.2) is 28.9 Å². The molecule has 4 aromatic rings. The van der Waals surface area contributed by atoms with Crippen LogP contribution in [0, 0.1) is 0 Å². The molecule has 0 spiro atoms. The Labute approximate surface area is 156 Å². The summed E-state index contributed by atoms with van der Waals surface area (Å²) >= 11 is 1.46. The van der Waals surface area contributed by atoms with Crippen molar-refractivity contribution in [1.29, 1.82) is 0 Å². The van der Waals surface area contributed by atoms with Crippen molar-refractivity contribution in [3.8, 4) is 11.3 Å². The highest BCUT2D eigenvalue weighted by Gasteiger charge is 2.39. The number of aromatic nitrogens is 2. The van der Waals surface area contributed by atoms with E-state index in [1.807, 2.05) is 22.7 Å². The van der Waals surface area contributed by atoms with Crippen molar-refractivity contribution in [3.05, 3.63) is 59.8 Å². The van der Waals surface area contributed by atoms with Crippen LogP contribution in [0.4, 0.5) is 13.2 Å². The first-order valence-corrected chi connectivity index (χ1v) is 8.93. The lowest BCUT2D eigenvalue weighted by Gasteiger charge is -2.20. The number of carbonyl (C=O) groups excluding carboxylic acids is 1. The van der Waals surface area contributed by atoms with Gasteiger partial charge in [-0.15, -0.1) is 0 Å². The first-order valence-electron chi connectivity index (χ1n) is 8.12. The van der Waals surface area contributed by atoms with Crippen LogP contribution >= 0.6 is 11.3 Å². The van der Waals surface area contributed by atoms with Crippen LogP contribution in [-0.2, 0) is 0 Å². The van der Waals surface area contributed by atoms with E-state index in [1.165, 1.54) is 30.5 Å². The van der Waals surface area contributed by atoms with Crippen LogP contribution in [0.2, 0.25) is 0 Å². The molecule has 27 heavy (non-hydrogen) atoms. The highest BCUT2D eigenvalue weighted by atomic mass is 32.1. The van der Waals surface area contributed by atoms with Crippen molar-refractivity contribution < 1.29 is 18.0 Å². The molecule has 0 radical (unpaired) electrons. The lowest BCUT2D eigenvalue weighted by atomic mass is 10.0. The molecule has 0 saturated heterocycles. The third kappa shape index (κ3) is 3.11. The van der Waals surface area contributed by atoms with Gasteiger partial charge in [0.05, 0.1) is 15.9 Å². The van der Waals surface area contributed by atoms with E-state index in [1.54, 1.807) is 18.2 Å². The first-order chi connectivity index (χ1) is 12.9. The summed E-state index contributed by atoms with van der Waals surface area (Å²) in [6, 6.07) is 9.93. The van der Waals surface area contributed by atoms with Crippen LogP contribution < -0.4 is 5.32 Å². The van der Waals surface area contributed by atoms with Gasteiger partial charge in [0.2, 0.25) is 0 Å². The standard InChI is InChI=1S/C19H14F3N3OS/c1-23-17(19(20,21)22)13-5-3-12(4-6-13)14-9-25-15-7-2-11(10-26)8-16(15)27-18(25)24-14/h2-10,17,23H,1H3. The molecule has 2 heterocycles. The number of rotatable bonds is 4. The predicted octanol–water partition coefficient (Wildman–Crippen LogP) is 4.85. The molecule has 138 valence electrons. The van der Waals surface area contributed by atoms with Crippen molar-refractivity contribution in [2.45, 2.75) is 12.2 Å². The molecule has 2 aromatic heterocycles. The highest BCUT2D eigenvalue weighted by molar-refractivity contribution is 7.23. The normalized spacial score (nSPS) is 13.3. The molecule has 0 fully saturated rings. The molecule has 0 saturated carbocycles. The predicted molar refractivity (Wildman–Crippen MR) is 99.3 cm³/mol. The Balaban J connectivity index is 1.71. The number of nitrogens with one attached hydrogen (secondary N) is 1. The summed E-state index contributed by atoms with van der Waals surface area (Å²) < 4.78 is 42.0. The van der Waals surface area contributed by atoms with Gasteiger partial charge in [-0.3, -0.25) is 9.20 Å². The number of thiazole rings is 1. The Hall–Kier alpha value is -2.71. The lowest BCUT2D eigenvalue weighted by molar-refractivity contribution is -0.156. The molecule has 0 aliphatic rings. The SMILES string of the molecule is CNC(c1ccc(-c2cn3c(n2)sc2cc(C=O)ccc23)cc1)C(F)(F)F. The van der Waals surface area contributed by atoms with Crippen molar-refractivity contribution >= 4 is 32.8 Å². The van der Waals surface area contributed by atoms with E-state index in [0.29, 0.717) is 11.3 Å². The summed E-state index contributed by atoms with van der Waals surface area (Å²) in [4.78, 5) is 16.2. The molecule has 8 heteroatoms. The Morgan fingerprint density at radius 1 is 1.19 bits per heavy atom. The van der Waals surface area contributed by atoms with Crippen molar-refractivity contribution in [2.24, 2.45) is 0 Å². The molecule has 1 unspecified atom stereocenters. The van der Waals surface area contributed by atoms with Gasteiger partial charge in [0.15, 0.2) is 4.96 Å². The second-order valence-corrected chi connectivity index (χ2v) is 7.12. The topological polar surface area (TPSA) is 46.4 Å². The van der Waals surface area contributed by atoms with E-state index >= 15 is 0 Å². The van der Waals surface area contributed by atoms with Crippen LogP contribution in [0.15, 0.2) is 48.7 Å². The highest BCUT2D eigenvalue weighted by Crippen LogP contribution is 2.34. The summed E-state index contributed by atoms with van der Waals surface area (Å²) in [6.45, 7) is 0. The van der Waals surface area contributed by atoms with Crippen molar-refractivity contribution in [2.75, 3.05) is 7.05 Å². The van der Waals surface area contributed by atoms with E-state index in [4.69, 9.17) is 0 Å². The van der Waals surface area contributed by atoms with Crippen molar-refractivity contribution in [3.63, 3.8) is 0 Å². The second kappa shape index (κ2) is 6.47. The van der Waals surface area contributed by atoms with Gasteiger partial charge in [0.25, 0.3) is 0 Å². The minimum absolute atomic E-state index is 0.154. The number of hydrogen-bond acceptors (Lipinski definition) is 4. The number of benzene rings is 2. The average Bonchev–Trinajstić information content (AvgIpc) is 3.19. The van der Waals surface area contributed by atoms with E-state index in [9.17, 15) is 18.0 Å². The van der Waals surface area contributed by atoms with Crippen LogP contribution in [0.3, 0.4) is 0 Å². The summed E-state index contributed by atoms with van der Waals surface area (Å²) in [7, 11) is 1.29. The van der Waals surface area contributed by atoms with E-state index in [0.717, 1.165) is 27.0 Å². The molecule has 4 rings (SSSR count). The van der Waals surface area contributed by atoms with Crippen molar-refractivity contribution in [1.82, 2.24) is 14.7 Å². The molecule has 0 aliphatic heterocycles. The maximum Gasteiger partial charge on any atom is 0.407 e. The molecule has 0 bridgehead atoms. The summed E-state index contributed by atoms with van der Waals surface area (Å²) in [6.07, 6.45) is -1.70. The molecular weight excluding hydrogens is 375 g/mol. The number of aldehydes is 1. The Kier molecular flexibility index (Phi) is 4.24. The lowest BCUT2D eigenvalue weighted by Crippen LogP contribution is -2.31. The molecular formula is C19H14F3N3OS. The molecule has 0 aliphatic carbocycles.